The minimum absolute atomic E-state index is 0.0106. The summed E-state index contributed by atoms with van der Waals surface area (Å²) in [5.74, 6) is -2.20. The largest absolute Gasteiger partial charge is 0.391 e. The topological polar surface area (TPSA) is 175 Å². The molecule has 4 heterocycles. The number of rotatable bonds is 15. The third-order valence-electron chi connectivity index (χ3n) is 13.2. The molecule has 4 aromatic rings. The second-order valence-corrected chi connectivity index (χ2v) is 17.4. The summed E-state index contributed by atoms with van der Waals surface area (Å²) in [5, 5.41) is 24.1. The van der Waals surface area contributed by atoms with Gasteiger partial charge in [-0.1, -0.05) is 0 Å². The van der Waals surface area contributed by atoms with Crippen molar-refractivity contribution in [2.75, 3.05) is 27.2 Å². The predicted octanol–water partition coefficient (Wildman–Crippen LogP) is 3.59. The lowest BCUT2D eigenvalue weighted by atomic mass is 9.94. The summed E-state index contributed by atoms with van der Waals surface area (Å²) < 4.78 is 45.2. The van der Waals surface area contributed by atoms with Crippen LogP contribution in [0.2, 0.25) is 0 Å². The van der Waals surface area contributed by atoms with Gasteiger partial charge >= 0.3 is 0 Å². The Bertz CT molecular complexity index is 2130. The molecule has 13 nitrogen and oxygen atoms in total. The van der Waals surface area contributed by atoms with E-state index in [0.29, 0.717) is 38.8 Å². The van der Waals surface area contributed by atoms with Crippen molar-refractivity contribution in [3.63, 3.8) is 0 Å². The molecule has 4 amide bonds. The Morgan fingerprint density at radius 3 is 1.58 bits per heavy atom. The van der Waals surface area contributed by atoms with Gasteiger partial charge in [0.15, 0.2) is 0 Å². The van der Waals surface area contributed by atoms with Crippen molar-refractivity contribution in [2.45, 2.75) is 114 Å². The van der Waals surface area contributed by atoms with Crippen LogP contribution in [0.3, 0.4) is 0 Å². The molecule has 8 rings (SSSR count). The summed E-state index contributed by atoms with van der Waals surface area (Å²) in [4.78, 5) is 64.5. The van der Waals surface area contributed by atoms with E-state index in [0.717, 1.165) is 31.2 Å². The fraction of sp³-hybridized carbons (Fsp3) is 0.545. The number of alkyl halides is 1. The molecule has 0 spiro atoms. The van der Waals surface area contributed by atoms with Crippen molar-refractivity contribution in [1.82, 2.24) is 41.0 Å². The highest BCUT2D eigenvalue weighted by molar-refractivity contribution is 5.97. The van der Waals surface area contributed by atoms with Crippen molar-refractivity contribution >= 4 is 45.4 Å². The van der Waals surface area contributed by atoms with Crippen molar-refractivity contribution in [2.24, 2.45) is 11.8 Å². The van der Waals surface area contributed by atoms with E-state index in [1.54, 1.807) is 49.9 Å². The number of carbonyl (C=O) groups excluding carboxylic acids is 4. The third kappa shape index (κ3) is 8.38. The van der Waals surface area contributed by atoms with Crippen LogP contribution < -0.4 is 21.3 Å². The zero-order valence-electron chi connectivity index (χ0n) is 34.4. The molecular weight excluding hydrogens is 778 g/mol. The van der Waals surface area contributed by atoms with Crippen LogP contribution in [-0.2, 0) is 32.0 Å². The van der Waals surface area contributed by atoms with Crippen molar-refractivity contribution in [1.29, 1.82) is 0 Å². The lowest BCUT2D eigenvalue weighted by Gasteiger charge is -2.30. The number of carbonyl (C=O) groups is 4. The number of nitrogens with zero attached hydrogens (tertiary/aromatic N) is 2. The lowest BCUT2D eigenvalue weighted by Crippen LogP contribution is -2.54. The van der Waals surface area contributed by atoms with E-state index < -0.39 is 60.2 Å². The van der Waals surface area contributed by atoms with Gasteiger partial charge in [0.2, 0.25) is 23.6 Å². The van der Waals surface area contributed by atoms with Gasteiger partial charge in [-0.3, -0.25) is 19.2 Å². The van der Waals surface area contributed by atoms with E-state index in [1.807, 2.05) is 0 Å². The van der Waals surface area contributed by atoms with Gasteiger partial charge in [0, 0.05) is 46.9 Å². The minimum Gasteiger partial charge on any atom is -0.391 e. The van der Waals surface area contributed by atoms with E-state index in [4.69, 9.17) is 0 Å². The van der Waals surface area contributed by atoms with Gasteiger partial charge in [0.25, 0.3) is 0 Å². The highest BCUT2D eigenvalue weighted by atomic mass is 19.1. The van der Waals surface area contributed by atoms with Crippen molar-refractivity contribution in [3.05, 3.63) is 59.2 Å². The number of H-pyrrole nitrogens is 2. The molecular formula is C44H55F3N8O5. The van der Waals surface area contributed by atoms with E-state index in [1.165, 1.54) is 24.3 Å². The highest BCUT2D eigenvalue weighted by Crippen LogP contribution is 2.41. The number of hydrogen-bond acceptors (Lipinski definition) is 7. The first-order valence-corrected chi connectivity index (χ1v) is 21.2. The van der Waals surface area contributed by atoms with Crippen LogP contribution in [0.5, 0.6) is 0 Å². The molecule has 2 aromatic heterocycles. The van der Waals surface area contributed by atoms with Crippen LogP contribution in [0.15, 0.2) is 36.4 Å². The normalized spacial score (nSPS) is 23.9. The molecule has 0 radical (unpaired) electrons. The second-order valence-electron chi connectivity index (χ2n) is 17.4. The summed E-state index contributed by atoms with van der Waals surface area (Å²) in [6, 6.07) is 5.10. The summed E-state index contributed by atoms with van der Waals surface area (Å²) in [7, 11) is 3.33. The maximum Gasteiger partial charge on any atom is 0.245 e. The number of aromatic nitrogens is 2. The first-order valence-electron chi connectivity index (χ1n) is 21.2. The van der Waals surface area contributed by atoms with Gasteiger partial charge in [0.1, 0.15) is 29.9 Å². The second kappa shape index (κ2) is 16.8. The Morgan fingerprint density at radius 1 is 0.717 bits per heavy atom. The number of fused-ring (bicyclic) bond motifs is 2. The molecule has 2 saturated heterocycles. The van der Waals surface area contributed by atoms with Gasteiger partial charge in [-0.15, -0.1) is 0 Å². The molecule has 2 aliphatic heterocycles. The number of likely N-dealkylation sites (tertiary alicyclic amines) is 2. The molecule has 16 heteroatoms. The molecule has 2 saturated carbocycles. The first-order chi connectivity index (χ1) is 28.7. The number of hydrogen-bond donors (Lipinski definition) is 7. The van der Waals surface area contributed by atoms with Gasteiger partial charge in [-0.25, -0.2) is 13.2 Å². The molecule has 60 heavy (non-hydrogen) atoms. The molecule has 4 aliphatic rings. The van der Waals surface area contributed by atoms with Gasteiger partial charge in [0.05, 0.1) is 36.1 Å². The maximum atomic E-state index is 15.5. The summed E-state index contributed by atoms with van der Waals surface area (Å²) in [5.41, 5.74) is 3.48. The average Bonchev–Trinajstić information content (AvgIpc) is 4.13. The molecule has 2 aliphatic carbocycles. The SMILES string of the molecule is CNC(C)C(=O)NC(C(=O)N1CC(O)CC1Cc1c(-c2[nH]c3cc(F)ccc3c2CC2CC(F)CN2C(=O)C(NC(=O)C(C)NC)C2CC2)[nH]c2cc(F)ccc12)C1CC1. The summed E-state index contributed by atoms with van der Waals surface area (Å²) in [6.45, 7) is 3.38. The fourth-order valence-corrected chi connectivity index (χ4v) is 9.25. The van der Waals surface area contributed by atoms with Crippen LogP contribution in [0, 0.1) is 23.5 Å². The minimum atomic E-state index is -1.30. The van der Waals surface area contributed by atoms with E-state index >= 15 is 4.39 Å². The zero-order chi connectivity index (χ0) is 42.6. The number of benzene rings is 2. The molecule has 322 valence electrons. The molecule has 8 unspecified atom stereocenters. The third-order valence-corrected chi connectivity index (χ3v) is 13.2. The van der Waals surface area contributed by atoms with Crippen LogP contribution in [0.1, 0.15) is 63.5 Å². The maximum absolute atomic E-state index is 15.5. The Hall–Kier alpha value is -4.93. The number of aromatic amines is 2. The summed E-state index contributed by atoms with van der Waals surface area (Å²) in [6.07, 6.45) is 1.80. The number of aliphatic hydroxyl groups is 1. The smallest absolute Gasteiger partial charge is 0.245 e. The molecule has 7 N–H and O–H groups in total. The number of β-amino-alcohol motifs (C(OH)–C–C–N with tert-alkyl or cyclic N) is 1. The van der Waals surface area contributed by atoms with Crippen LogP contribution in [-0.4, -0.2) is 124 Å². The van der Waals surface area contributed by atoms with Crippen LogP contribution in [0.25, 0.3) is 33.2 Å². The van der Waals surface area contributed by atoms with Crippen LogP contribution >= 0.6 is 0 Å². The number of amides is 4. The summed E-state index contributed by atoms with van der Waals surface area (Å²) >= 11 is 0. The van der Waals surface area contributed by atoms with Crippen molar-refractivity contribution < 1.29 is 37.5 Å². The lowest BCUT2D eigenvalue weighted by molar-refractivity contribution is -0.138. The number of nitrogens with one attached hydrogen (secondary N) is 6. The fourth-order valence-electron chi connectivity index (χ4n) is 9.25. The van der Waals surface area contributed by atoms with Gasteiger partial charge in [-0.2, -0.15) is 0 Å². The van der Waals surface area contributed by atoms with Gasteiger partial charge < -0.3 is 46.1 Å². The standard InChI is InChI=1S/C44H55F3N8O5/c1-21(48-3)41(57)52-37(23-5-6-23)43(59)54-19-27(47)13-28(54)17-33-31-11-9-25(45)14-35(31)50-39(33)40-34(32-12-10-26(46)15-36(32)51-40)18-29-16-30(56)20-55(29)44(60)38(24-7-8-24)53-42(58)22(2)49-4/h9-12,14-15,21-24,27-30,37-38,48-51,56H,5-8,13,16-20H2,1-4H3,(H,52,57)(H,53,58). The van der Waals surface area contributed by atoms with Crippen molar-refractivity contribution in [3.8, 4) is 11.4 Å². The number of aliphatic hydroxyl groups excluding tert-OH is 1. The molecule has 0 bridgehead atoms. The Morgan fingerprint density at radius 2 is 1.15 bits per heavy atom. The monoisotopic (exact) mass is 832 g/mol. The Labute approximate surface area is 346 Å². The molecule has 8 atom stereocenters. The first kappa shape index (κ1) is 41.8. The highest BCUT2D eigenvalue weighted by Gasteiger charge is 2.46. The number of likely N-dealkylation sites (N-methyl/N-ethyl adjacent to an activating group) is 2. The van der Waals surface area contributed by atoms with E-state index in [9.17, 15) is 33.1 Å². The van der Waals surface area contributed by atoms with E-state index in [-0.39, 0.29) is 74.2 Å². The Balaban J connectivity index is 1.16. The Kier molecular flexibility index (Phi) is 11.7. The van der Waals surface area contributed by atoms with Crippen LogP contribution in [0.4, 0.5) is 13.2 Å². The zero-order valence-corrected chi connectivity index (χ0v) is 34.4. The van der Waals surface area contributed by atoms with Gasteiger partial charge in [-0.05, 0) is 132 Å². The molecule has 2 aromatic carbocycles. The average molecular weight is 833 g/mol. The predicted molar refractivity (Wildman–Crippen MR) is 220 cm³/mol. The van der Waals surface area contributed by atoms with E-state index in [2.05, 4.69) is 31.2 Å². The number of halogens is 3. The molecule has 4 fully saturated rings. The quantitative estimate of drug-likeness (QED) is 0.0959.